The minimum atomic E-state index is -0.972. The molecule has 0 aliphatic carbocycles. The van der Waals surface area contributed by atoms with E-state index in [9.17, 15) is 18.8 Å². The molecule has 8 heteroatoms. The molecule has 7 nitrogen and oxygen atoms in total. The van der Waals surface area contributed by atoms with Gasteiger partial charge in [-0.15, -0.1) is 0 Å². The number of hydrogen-bond acceptors (Lipinski definition) is 5. The number of anilines is 1. The maximum atomic E-state index is 13.2. The Labute approximate surface area is 221 Å². The molecule has 0 unspecified atom stereocenters. The van der Waals surface area contributed by atoms with E-state index in [-0.39, 0.29) is 11.7 Å². The summed E-state index contributed by atoms with van der Waals surface area (Å²) < 4.78 is 13.2. The minimum absolute atomic E-state index is 0.114. The first-order chi connectivity index (χ1) is 18.2. The highest BCUT2D eigenvalue weighted by atomic mass is 19.1. The van der Waals surface area contributed by atoms with Crippen LogP contribution in [0.5, 0.6) is 0 Å². The van der Waals surface area contributed by atoms with Crippen LogP contribution in [0.4, 0.5) is 10.1 Å². The maximum Gasteiger partial charge on any atom is 0.251 e. The summed E-state index contributed by atoms with van der Waals surface area (Å²) in [6, 6.07) is 18.4. The number of amides is 2. The Balaban J connectivity index is 1.50. The third-order valence-corrected chi connectivity index (χ3v) is 5.74. The third-order valence-electron chi connectivity index (χ3n) is 5.74. The second-order valence-corrected chi connectivity index (χ2v) is 8.87. The van der Waals surface area contributed by atoms with Crippen molar-refractivity contribution in [3.8, 4) is 11.8 Å². The van der Waals surface area contributed by atoms with Gasteiger partial charge in [0.2, 0.25) is 5.91 Å². The third kappa shape index (κ3) is 8.66. The van der Waals surface area contributed by atoms with Crippen molar-refractivity contribution in [1.29, 1.82) is 0 Å². The number of nitrogens with one attached hydrogen (secondary N) is 2. The summed E-state index contributed by atoms with van der Waals surface area (Å²) in [6.45, 7) is 0.876. The molecule has 0 saturated carbocycles. The van der Waals surface area contributed by atoms with Gasteiger partial charge in [-0.2, -0.15) is 0 Å². The fourth-order valence-corrected chi connectivity index (χ4v) is 3.68. The van der Waals surface area contributed by atoms with E-state index in [1.807, 2.05) is 6.07 Å². The van der Waals surface area contributed by atoms with Gasteiger partial charge in [0.15, 0.2) is 5.78 Å². The molecule has 0 bridgehead atoms. The van der Waals surface area contributed by atoms with Gasteiger partial charge in [0.1, 0.15) is 18.5 Å². The Morgan fingerprint density at radius 3 is 2.18 bits per heavy atom. The van der Waals surface area contributed by atoms with Gasteiger partial charge in [-0.05, 0) is 86.0 Å². The molecule has 0 saturated heterocycles. The van der Waals surface area contributed by atoms with Crippen molar-refractivity contribution in [2.75, 3.05) is 11.9 Å². The van der Waals surface area contributed by atoms with Crippen molar-refractivity contribution in [3.63, 3.8) is 0 Å². The van der Waals surface area contributed by atoms with Crippen LogP contribution in [0.1, 0.15) is 46.8 Å². The standard InChI is InChI=1S/C30H30FN3O4/c1-20(32)29(27(36)19-35)34-30(38)24-14-10-21(11-15-24)8-9-22-12-16-26(17-13-22)33-28(37)7-3-5-23-4-2-6-25(31)18-23/h2,4,6,10-18,20,29,35H,3,5,7,19,32H2,1H3,(H,33,37)(H,34,38)/t20-,29+/m1/s1. The fourth-order valence-electron chi connectivity index (χ4n) is 3.68. The number of benzene rings is 3. The zero-order valence-corrected chi connectivity index (χ0v) is 21.0. The Kier molecular flexibility index (Phi) is 10.3. The van der Waals surface area contributed by atoms with Gasteiger partial charge in [-0.3, -0.25) is 14.4 Å². The molecule has 0 aliphatic heterocycles. The Morgan fingerprint density at radius 1 is 0.974 bits per heavy atom. The summed E-state index contributed by atoms with van der Waals surface area (Å²) in [5, 5.41) is 14.4. The number of Topliss-reactive ketones (excluding diaryl/α,β-unsaturated/α-hetero) is 1. The molecule has 0 heterocycles. The predicted molar refractivity (Wildman–Crippen MR) is 144 cm³/mol. The molecular weight excluding hydrogens is 485 g/mol. The Hall–Kier alpha value is -4.32. The number of hydrogen-bond donors (Lipinski definition) is 4. The molecule has 38 heavy (non-hydrogen) atoms. The van der Waals surface area contributed by atoms with Crippen LogP contribution in [0.3, 0.4) is 0 Å². The van der Waals surface area contributed by atoms with E-state index in [1.54, 1.807) is 61.5 Å². The molecule has 3 aromatic rings. The van der Waals surface area contributed by atoms with Gasteiger partial charge in [0, 0.05) is 34.8 Å². The zero-order valence-electron chi connectivity index (χ0n) is 21.0. The number of ketones is 1. The van der Waals surface area contributed by atoms with Crippen molar-refractivity contribution in [2.45, 2.75) is 38.3 Å². The van der Waals surface area contributed by atoms with Crippen LogP contribution in [0, 0.1) is 17.7 Å². The summed E-state index contributed by atoms with van der Waals surface area (Å²) in [4.78, 5) is 36.4. The number of carbonyl (C=O) groups excluding carboxylic acids is 3. The number of aliphatic hydroxyl groups is 1. The van der Waals surface area contributed by atoms with Gasteiger partial charge in [-0.25, -0.2) is 4.39 Å². The number of carbonyl (C=O) groups is 3. The molecule has 0 fully saturated rings. The minimum Gasteiger partial charge on any atom is -0.388 e. The SMILES string of the molecule is C[C@@H](N)[C@H](NC(=O)c1ccc(C#Cc2ccc(NC(=O)CCCc3cccc(F)c3)cc2)cc1)C(=O)CO. The first-order valence-electron chi connectivity index (χ1n) is 12.2. The summed E-state index contributed by atoms with van der Waals surface area (Å²) in [6.07, 6.45) is 1.57. The van der Waals surface area contributed by atoms with Gasteiger partial charge in [-0.1, -0.05) is 24.0 Å². The van der Waals surface area contributed by atoms with Crippen LogP contribution in [-0.2, 0) is 16.0 Å². The highest BCUT2D eigenvalue weighted by Crippen LogP contribution is 2.12. The van der Waals surface area contributed by atoms with E-state index in [0.29, 0.717) is 36.1 Å². The molecule has 3 aromatic carbocycles. The average molecular weight is 516 g/mol. The van der Waals surface area contributed by atoms with E-state index in [0.717, 1.165) is 11.1 Å². The second kappa shape index (κ2) is 13.8. The van der Waals surface area contributed by atoms with Gasteiger partial charge in [0.05, 0.1) is 0 Å². The van der Waals surface area contributed by atoms with Crippen LogP contribution >= 0.6 is 0 Å². The van der Waals surface area contributed by atoms with Gasteiger partial charge in [0.25, 0.3) is 5.91 Å². The second-order valence-electron chi connectivity index (χ2n) is 8.87. The number of aliphatic hydroxyl groups excluding tert-OH is 1. The predicted octanol–water partition coefficient (Wildman–Crippen LogP) is 3.19. The average Bonchev–Trinajstić information content (AvgIpc) is 2.91. The molecule has 0 radical (unpaired) electrons. The van der Waals surface area contributed by atoms with Crippen molar-refractivity contribution in [3.05, 3.63) is 101 Å². The lowest BCUT2D eigenvalue weighted by molar-refractivity contribution is -0.124. The van der Waals surface area contributed by atoms with Crippen molar-refractivity contribution < 1.29 is 23.9 Å². The van der Waals surface area contributed by atoms with Crippen molar-refractivity contribution in [1.82, 2.24) is 5.32 Å². The first kappa shape index (κ1) is 28.3. The van der Waals surface area contributed by atoms with Crippen molar-refractivity contribution >= 4 is 23.3 Å². The van der Waals surface area contributed by atoms with E-state index >= 15 is 0 Å². The topological polar surface area (TPSA) is 122 Å². The van der Waals surface area contributed by atoms with Crippen LogP contribution in [0.25, 0.3) is 0 Å². The zero-order chi connectivity index (χ0) is 27.5. The molecule has 0 aliphatic rings. The quantitative estimate of drug-likeness (QED) is 0.309. The lowest BCUT2D eigenvalue weighted by Crippen LogP contribution is -2.52. The summed E-state index contributed by atoms with van der Waals surface area (Å²) >= 11 is 0. The smallest absolute Gasteiger partial charge is 0.251 e. The largest absolute Gasteiger partial charge is 0.388 e. The lowest BCUT2D eigenvalue weighted by Gasteiger charge is -2.20. The van der Waals surface area contributed by atoms with E-state index < -0.39 is 30.4 Å². The Bertz CT molecular complexity index is 1330. The summed E-state index contributed by atoms with van der Waals surface area (Å²) in [5.74, 6) is 4.63. The molecule has 2 atom stereocenters. The van der Waals surface area contributed by atoms with Gasteiger partial charge < -0.3 is 21.5 Å². The highest BCUT2D eigenvalue weighted by Gasteiger charge is 2.24. The number of halogens is 1. The molecule has 0 aromatic heterocycles. The summed E-state index contributed by atoms with van der Waals surface area (Å²) in [5.41, 5.74) is 9.03. The van der Waals surface area contributed by atoms with Gasteiger partial charge >= 0.3 is 0 Å². The maximum absolute atomic E-state index is 13.2. The molecule has 3 rings (SSSR count). The first-order valence-corrected chi connectivity index (χ1v) is 12.2. The van der Waals surface area contributed by atoms with Crippen LogP contribution < -0.4 is 16.4 Å². The normalized spacial score (nSPS) is 12.0. The van der Waals surface area contributed by atoms with Crippen molar-refractivity contribution in [2.24, 2.45) is 5.73 Å². The van der Waals surface area contributed by atoms with Crippen LogP contribution in [0.15, 0.2) is 72.8 Å². The van der Waals surface area contributed by atoms with Crippen LogP contribution in [0.2, 0.25) is 0 Å². The van der Waals surface area contributed by atoms with Crippen LogP contribution in [-0.4, -0.2) is 41.4 Å². The highest BCUT2D eigenvalue weighted by molar-refractivity contribution is 5.98. The fraction of sp³-hybridized carbons (Fsp3) is 0.233. The Morgan fingerprint density at radius 2 is 1.61 bits per heavy atom. The monoisotopic (exact) mass is 515 g/mol. The van der Waals surface area contributed by atoms with E-state index in [1.165, 1.54) is 12.1 Å². The summed E-state index contributed by atoms with van der Waals surface area (Å²) in [7, 11) is 0. The number of rotatable bonds is 10. The molecule has 196 valence electrons. The molecule has 5 N–H and O–H groups in total. The van der Waals surface area contributed by atoms with E-state index in [4.69, 9.17) is 10.8 Å². The van der Waals surface area contributed by atoms with E-state index in [2.05, 4.69) is 22.5 Å². The lowest BCUT2D eigenvalue weighted by atomic mass is 10.0. The molecule has 0 spiro atoms. The number of nitrogens with two attached hydrogens (primary N) is 1. The number of aryl methyl sites for hydroxylation is 1. The molecular formula is C30H30FN3O4. The molecule has 2 amide bonds.